The van der Waals surface area contributed by atoms with E-state index in [1.54, 1.807) is 6.07 Å². The van der Waals surface area contributed by atoms with Crippen molar-refractivity contribution in [1.29, 1.82) is 0 Å². The van der Waals surface area contributed by atoms with Crippen LogP contribution in [0.25, 0.3) is 0 Å². The van der Waals surface area contributed by atoms with Crippen LogP contribution >= 0.6 is 0 Å². The average Bonchev–Trinajstić information content (AvgIpc) is 3.35. The zero-order chi connectivity index (χ0) is 17.3. The van der Waals surface area contributed by atoms with Gasteiger partial charge in [-0.05, 0) is 37.0 Å². The van der Waals surface area contributed by atoms with Gasteiger partial charge in [-0.2, -0.15) is 0 Å². The van der Waals surface area contributed by atoms with Gasteiger partial charge in [-0.15, -0.1) is 0 Å². The molecule has 0 spiro atoms. The standard InChI is InChI=1S/C19H19NO4/c1-11-4-3-5-12(8-11)15-10-16(15)18(21)20-13-6-7-14(19(22)23)17(9-13)24-2/h3-9,15-16H,10H2,1-2H3,(H,20,21)(H,22,23)/t15-,16+/m0/s1. The molecule has 1 aliphatic carbocycles. The molecule has 0 aliphatic heterocycles. The third-order valence-electron chi connectivity index (χ3n) is 4.30. The number of aromatic carboxylic acids is 1. The smallest absolute Gasteiger partial charge is 0.339 e. The summed E-state index contributed by atoms with van der Waals surface area (Å²) in [6.07, 6.45) is 0.833. The van der Waals surface area contributed by atoms with Crippen molar-refractivity contribution in [2.75, 3.05) is 12.4 Å². The molecule has 5 heteroatoms. The molecule has 2 N–H and O–H groups in total. The van der Waals surface area contributed by atoms with Gasteiger partial charge in [0.2, 0.25) is 5.91 Å². The number of carboxylic acid groups (broad SMARTS) is 1. The molecule has 2 aromatic carbocycles. The topological polar surface area (TPSA) is 75.6 Å². The van der Waals surface area contributed by atoms with Gasteiger partial charge in [0.1, 0.15) is 11.3 Å². The molecule has 1 saturated carbocycles. The number of aryl methyl sites for hydroxylation is 1. The van der Waals surface area contributed by atoms with Gasteiger partial charge in [0.05, 0.1) is 7.11 Å². The van der Waals surface area contributed by atoms with Crippen LogP contribution in [-0.2, 0) is 4.79 Å². The molecule has 1 aliphatic rings. The van der Waals surface area contributed by atoms with E-state index in [1.807, 2.05) is 19.1 Å². The molecule has 1 amide bonds. The number of rotatable bonds is 5. The van der Waals surface area contributed by atoms with Gasteiger partial charge in [-0.25, -0.2) is 4.79 Å². The summed E-state index contributed by atoms with van der Waals surface area (Å²) in [5, 5.41) is 11.9. The lowest BCUT2D eigenvalue weighted by molar-refractivity contribution is -0.117. The molecule has 0 bridgehead atoms. The Morgan fingerprint density at radius 1 is 1.21 bits per heavy atom. The van der Waals surface area contributed by atoms with Crippen LogP contribution in [0, 0.1) is 12.8 Å². The van der Waals surface area contributed by atoms with Crippen molar-refractivity contribution < 1.29 is 19.4 Å². The van der Waals surface area contributed by atoms with Gasteiger partial charge >= 0.3 is 5.97 Å². The summed E-state index contributed by atoms with van der Waals surface area (Å²) in [5.74, 6) is -0.675. The van der Waals surface area contributed by atoms with E-state index in [0.717, 1.165) is 6.42 Å². The maximum absolute atomic E-state index is 12.4. The van der Waals surface area contributed by atoms with Crippen LogP contribution in [0.3, 0.4) is 0 Å². The predicted octanol–water partition coefficient (Wildman–Crippen LogP) is 3.44. The van der Waals surface area contributed by atoms with Crippen molar-refractivity contribution in [2.24, 2.45) is 5.92 Å². The fraction of sp³-hybridized carbons (Fsp3) is 0.263. The number of carbonyl (C=O) groups is 2. The third kappa shape index (κ3) is 3.25. The number of nitrogens with one attached hydrogen (secondary N) is 1. The molecule has 3 rings (SSSR count). The lowest BCUT2D eigenvalue weighted by atomic mass is 10.1. The first-order chi connectivity index (χ1) is 11.5. The first kappa shape index (κ1) is 16.1. The first-order valence-electron chi connectivity index (χ1n) is 7.78. The molecule has 5 nitrogen and oxygen atoms in total. The molecule has 0 radical (unpaired) electrons. The third-order valence-corrected chi connectivity index (χ3v) is 4.30. The number of hydrogen-bond acceptors (Lipinski definition) is 3. The Labute approximate surface area is 140 Å². The SMILES string of the molecule is COc1cc(NC(=O)[C@@H]2C[C@H]2c2cccc(C)c2)ccc1C(=O)O. The Bertz CT molecular complexity index is 800. The average molecular weight is 325 g/mol. The van der Waals surface area contributed by atoms with Gasteiger partial charge in [-0.3, -0.25) is 4.79 Å². The predicted molar refractivity (Wildman–Crippen MR) is 90.6 cm³/mol. The number of amides is 1. The molecule has 0 saturated heterocycles. The highest BCUT2D eigenvalue weighted by Gasteiger charge is 2.43. The minimum Gasteiger partial charge on any atom is -0.496 e. The maximum atomic E-state index is 12.4. The molecule has 0 unspecified atom stereocenters. The second-order valence-electron chi connectivity index (χ2n) is 6.07. The number of carboxylic acids is 1. The quantitative estimate of drug-likeness (QED) is 0.883. The number of ether oxygens (including phenoxy) is 1. The number of anilines is 1. The Morgan fingerprint density at radius 2 is 2.00 bits per heavy atom. The molecule has 124 valence electrons. The van der Waals surface area contributed by atoms with E-state index in [1.165, 1.54) is 30.4 Å². The summed E-state index contributed by atoms with van der Waals surface area (Å²) in [5.41, 5.74) is 2.98. The summed E-state index contributed by atoms with van der Waals surface area (Å²) in [6.45, 7) is 2.04. The highest BCUT2D eigenvalue weighted by molar-refractivity contribution is 5.97. The van der Waals surface area contributed by atoms with E-state index in [4.69, 9.17) is 9.84 Å². The molecular weight excluding hydrogens is 306 g/mol. The number of benzene rings is 2. The van der Waals surface area contributed by atoms with Crippen LogP contribution in [-0.4, -0.2) is 24.1 Å². The summed E-state index contributed by atoms with van der Waals surface area (Å²) in [7, 11) is 1.40. The van der Waals surface area contributed by atoms with E-state index in [9.17, 15) is 9.59 Å². The van der Waals surface area contributed by atoms with E-state index in [2.05, 4.69) is 17.4 Å². The van der Waals surface area contributed by atoms with Crippen molar-refractivity contribution in [3.63, 3.8) is 0 Å². The molecule has 2 atom stereocenters. The summed E-state index contributed by atoms with van der Waals surface area (Å²) < 4.78 is 5.08. The fourth-order valence-electron chi connectivity index (χ4n) is 2.93. The highest BCUT2D eigenvalue weighted by atomic mass is 16.5. The van der Waals surface area contributed by atoms with Crippen molar-refractivity contribution in [1.82, 2.24) is 0 Å². The largest absolute Gasteiger partial charge is 0.496 e. The van der Waals surface area contributed by atoms with Crippen LogP contribution in [0.5, 0.6) is 5.75 Å². The number of methoxy groups -OCH3 is 1. The molecule has 2 aromatic rings. The molecule has 1 fully saturated rings. The van der Waals surface area contributed by atoms with Crippen LogP contribution in [0.15, 0.2) is 42.5 Å². The van der Waals surface area contributed by atoms with Gasteiger partial charge in [-0.1, -0.05) is 29.8 Å². The Kier molecular flexibility index (Phi) is 4.25. The Hall–Kier alpha value is -2.82. The van der Waals surface area contributed by atoms with E-state index < -0.39 is 5.97 Å². The van der Waals surface area contributed by atoms with Crippen molar-refractivity contribution in [3.05, 3.63) is 59.2 Å². The fourth-order valence-corrected chi connectivity index (χ4v) is 2.93. The lowest BCUT2D eigenvalue weighted by Crippen LogP contribution is -2.15. The maximum Gasteiger partial charge on any atom is 0.339 e. The van der Waals surface area contributed by atoms with Crippen molar-refractivity contribution in [2.45, 2.75) is 19.3 Å². The number of hydrogen-bond donors (Lipinski definition) is 2. The van der Waals surface area contributed by atoms with E-state index in [-0.39, 0.29) is 29.1 Å². The Balaban J connectivity index is 1.69. The summed E-state index contributed by atoms with van der Waals surface area (Å²) in [4.78, 5) is 23.5. The van der Waals surface area contributed by atoms with Crippen LogP contribution in [0.2, 0.25) is 0 Å². The zero-order valence-electron chi connectivity index (χ0n) is 13.6. The van der Waals surface area contributed by atoms with Crippen LogP contribution < -0.4 is 10.1 Å². The lowest BCUT2D eigenvalue weighted by Gasteiger charge is -2.09. The second-order valence-corrected chi connectivity index (χ2v) is 6.07. The molecule has 24 heavy (non-hydrogen) atoms. The molecule has 0 aromatic heterocycles. The van der Waals surface area contributed by atoms with Crippen LogP contribution in [0.4, 0.5) is 5.69 Å². The van der Waals surface area contributed by atoms with Gasteiger partial charge in [0.15, 0.2) is 0 Å². The zero-order valence-corrected chi connectivity index (χ0v) is 13.6. The second kappa shape index (κ2) is 6.35. The molecule has 0 heterocycles. The van der Waals surface area contributed by atoms with Gasteiger partial charge in [0.25, 0.3) is 0 Å². The van der Waals surface area contributed by atoms with Crippen LogP contribution in [0.1, 0.15) is 33.8 Å². The van der Waals surface area contributed by atoms with Crippen molar-refractivity contribution in [3.8, 4) is 5.75 Å². The molecular formula is C19H19NO4. The number of carbonyl (C=O) groups excluding carboxylic acids is 1. The Morgan fingerprint density at radius 3 is 2.67 bits per heavy atom. The highest BCUT2D eigenvalue weighted by Crippen LogP contribution is 2.48. The van der Waals surface area contributed by atoms with Crippen molar-refractivity contribution >= 4 is 17.6 Å². The van der Waals surface area contributed by atoms with E-state index in [0.29, 0.717) is 5.69 Å². The monoisotopic (exact) mass is 325 g/mol. The van der Waals surface area contributed by atoms with Gasteiger partial charge in [0, 0.05) is 17.7 Å². The minimum absolute atomic E-state index is 0.0445. The summed E-state index contributed by atoms with van der Waals surface area (Å²) in [6, 6.07) is 12.8. The van der Waals surface area contributed by atoms with Gasteiger partial charge < -0.3 is 15.2 Å². The first-order valence-corrected chi connectivity index (χ1v) is 7.78. The summed E-state index contributed by atoms with van der Waals surface area (Å²) >= 11 is 0. The van der Waals surface area contributed by atoms with E-state index >= 15 is 0 Å². The minimum atomic E-state index is -1.06. The normalized spacial score (nSPS) is 18.8.